The second-order valence-corrected chi connectivity index (χ2v) is 8.59. The molecular weight excluding hydrogens is 450 g/mol. The predicted molar refractivity (Wildman–Crippen MR) is 127 cm³/mol. The lowest BCUT2D eigenvalue weighted by Crippen LogP contribution is -2.39. The van der Waals surface area contributed by atoms with E-state index < -0.39 is 12.0 Å². The first-order chi connectivity index (χ1) is 15.4. The summed E-state index contributed by atoms with van der Waals surface area (Å²) in [4.78, 5) is 34.4. The lowest BCUT2D eigenvalue weighted by molar-refractivity contribution is -0.141. The molecule has 0 aliphatic carbocycles. The molecule has 2 heterocycles. The number of hydrogen-bond donors (Lipinski definition) is 0. The van der Waals surface area contributed by atoms with E-state index in [1.54, 1.807) is 25.0 Å². The highest BCUT2D eigenvalue weighted by Gasteiger charge is 2.41. The number of aliphatic imine (C=N–C) groups is 1. The van der Waals surface area contributed by atoms with Gasteiger partial charge in [-0.05, 0) is 43.9 Å². The lowest BCUT2D eigenvalue weighted by atomic mass is 9.94. The summed E-state index contributed by atoms with van der Waals surface area (Å²) in [5, 5.41) is 3.22. The fourth-order valence-corrected chi connectivity index (χ4v) is 4.92. The van der Waals surface area contributed by atoms with Gasteiger partial charge < -0.3 is 19.3 Å². The first kappa shape index (κ1) is 24.4. The minimum absolute atomic E-state index is 0.0310. The van der Waals surface area contributed by atoms with Crippen LogP contribution in [0.2, 0.25) is 5.02 Å². The average molecular weight is 478 g/mol. The van der Waals surface area contributed by atoms with Crippen molar-refractivity contribution in [3.05, 3.63) is 57.2 Å². The van der Waals surface area contributed by atoms with Crippen molar-refractivity contribution in [2.75, 3.05) is 33.4 Å². The molecule has 0 radical (unpaired) electrons. The van der Waals surface area contributed by atoms with Crippen molar-refractivity contribution in [1.29, 1.82) is 0 Å². The molecule has 32 heavy (non-hydrogen) atoms. The number of esters is 1. The van der Waals surface area contributed by atoms with Crippen LogP contribution in [0.1, 0.15) is 38.8 Å². The molecule has 0 saturated heterocycles. The molecule has 9 heteroatoms. The summed E-state index contributed by atoms with van der Waals surface area (Å²) in [6, 6.07) is 6.89. The van der Waals surface area contributed by atoms with Gasteiger partial charge in [0.15, 0.2) is 5.17 Å². The van der Waals surface area contributed by atoms with Crippen LogP contribution in [0.5, 0.6) is 0 Å². The predicted octanol–water partition coefficient (Wildman–Crippen LogP) is 4.36. The van der Waals surface area contributed by atoms with Crippen molar-refractivity contribution >= 4 is 40.4 Å². The van der Waals surface area contributed by atoms with Gasteiger partial charge in [-0.1, -0.05) is 35.5 Å². The highest BCUT2D eigenvalue weighted by molar-refractivity contribution is 8.16. The fourth-order valence-electron chi connectivity index (χ4n) is 3.76. The van der Waals surface area contributed by atoms with Gasteiger partial charge in [-0.3, -0.25) is 4.79 Å². The molecule has 1 unspecified atom stereocenters. The number of hydrogen-bond acceptors (Lipinski definition) is 7. The Morgan fingerprint density at radius 1 is 1.25 bits per heavy atom. The maximum absolute atomic E-state index is 13.1. The molecule has 0 fully saturated rings. The van der Waals surface area contributed by atoms with E-state index in [-0.39, 0.29) is 18.9 Å². The fraction of sp³-hybridized carbons (Fsp3) is 0.435. The molecule has 0 spiro atoms. The molecule has 1 aromatic carbocycles. The van der Waals surface area contributed by atoms with Crippen molar-refractivity contribution < 1.29 is 19.1 Å². The Morgan fingerprint density at radius 2 is 2.00 bits per heavy atom. The highest BCUT2D eigenvalue weighted by Crippen LogP contribution is 2.45. The minimum atomic E-state index is -0.498. The number of ether oxygens (including phenoxy) is 2. The van der Waals surface area contributed by atoms with Crippen molar-refractivity contribution in [1.82, 2.24) is 9.80 Å². The number of amides is 1. The van der Waals surface area contributed by atoms with Gasteiger partial charge in [-0.2, -0.15) is 0 Å². The van der Waals surface area contributed by atoms with Gasteiger partial charge >= 0.3 is 5.97 Å². The van der Waals surface area contributed by atoms with Gasteiger partial charge in [-0.15, -0.1) is 0 Å². The average Bonchev–Trinajstić information content (AvgIpc) is 3.15. The van der Waals surface area contributed by atoms with Gasteiger partial charge in [0.1, 0.15) is 6.61 Å². The summed E-state index contributed by atoms with van der Waals surface area (Å²) in [5.74, 6) is -0.429. The molecule has 172 valence electrons. The lowest BCUT2D eigenvalue weighted by Gasteiger charge is -2.36. The quantitative estimate of drug-likeness (QED) is 0.388. The van der Waals surface area contributed by atoms with E-state index in [9.17, 15) is 9.59 Å². The SMILES string of the molecule is CCN(CC)C(=O)CC1=CSC2=NC(C)=C(C(=O)OCCOC)C(c3cccc(Cl)c3)N12. The van der Waals surface area contributed by atoms with Crippen LogP contribution in [0.4, 0.5) is 0 Å². The monoisotopic (exact) mass is 477 g/mol. The van der Waals surface area contributed by atoms with Gasteiger partial charge in [0, 0.05) is 30.9 Å². The third-order valence-corrected chi connectivity index (χ3v) is 6.48. The van der Waals surface area contributed by atoms with E-state index in [0.29, 0.717) is 36.0 Å². The van der Waals surface area contributed by atoms with Crippen molar-refractivity contribution in [3.8, 4) is 0 Å². The Balaban J connectivity index is 2.00. The Bertz CT molecular complexity index is 972. The van der Waals surface area contributed by atoms with Crippen LogP contribution in [-0.4, -0.2) is 60.3 Å². The molecular formula is C23H28ClN3O4S. The van der Waals surface area contributed by atoms with E-state index in [2.05, 4.69) is 4.99 Å². The second-order valence-electron chi connectivity index (χ2n) is 7.32. The third-order valence-electron chi connectivity index (χ3n) is 5.35. The van der Waals surface area contributed by atoms with Crippen LogP contribution in [0.3, 0.4) is 0 Å². The van der Waals surface area contributed by atoms with Gasteiger partial charge in [-0.25, -0.2) is 9.79 Å². The normalized spacial score (nSPS) is 17.7. The summed E-state index contributed by atoms with van der Waals surface area (Å²) < 4.78 is 10.5. The molecule has 3 rings (SSSR count). The Morgan fingerprint density at radius 3 is 2.66 bits per heavy atom. The molecule has 1 amide bonds. The molecule has 0 saturated carbocycles. The van der Waals surface area contributed by atoms with E-state index in [1.807, 2.05) is 42.4 Å². The maximum atomic E-state index is 13.1. The number of allylic oxidation sites excluding steroid dienone is 1. The first-order valence-electron chi connectivity index (χ1n) is 10.5. The van der Waals surface area contributed by atoms with Crippen molar-refractivity contribution in [3.63, 3.8) is 0 Å². The molecule has 0 aromatic heterocycles. The summed E-state index contributed by atoms with van der Waals surface area (Å²) in [5.41, 5.74) is 2.63. The van der Waals surface area contributed by atoms with Crippen LogP contribution in [-0.2, 0) is 19.1 Å². The largest absolute Gasteiger partial charge is 0.460 e. The maximum Gasteiger partial charge on any atom is 0.338 e. The zero-order valence-corrected chi connectivity index (χ0v) is 20.3. The number of amidine groups is 1. The number of halogens is 1. The second kappa shape index (κ2) is 11.0. The number of benzene rings is 1. The summed E-state index contributed by atoms with van der Waals surface area (Å²) in [6.45, 7) is 7.45. The molecule has 7 nitrogen and oxygen atoms in total. The van der Waals surface area contributed by atoms with E-state index in [1.165, 1.54) is 11.8 Å². The number of nitrogens with zero attached hydrogens (tertiary/aromatic N) is 3. The van der Waals surface area contributed by atoms with Gasteiger partial charge in [0.05, 0.1) is 30.3 Å². The standard InChI is InChI=1S/C23H28ClN3O4S/c1-5-26(6-2)19(28)13-18-14-32-23-25-15(3)20(22(29)31-11-10-30-4)21(27(18)23)16-8-7-9-17(24)12-16/h7-9,12,14,21H,5-6,10-11,13H2,1-4H3. The molecule has 1 atom stereocenters. The molecule has 2 aliphatic heterocycles. The zero-order chi connectivity index (χ0) is 23.3. The summed E-state index contributed by atoms with van der Waals surface area (Å²) in [7, 11) is 1.55. The number of rotatable bonds is 9. The van der Waals surface area contributed by atoms with Crippen LogP contribution in [0.25, 0.3) is 0 Å². The summed E-state index contributed by atoms with van der Waals surface area (Å²) >= 11 is 7.74. The van der Waals surface area contributed by atoms with E-state index in [0.717, 1.165) is 16.4 Å². The van der Waals surface area contributed by atoms with Crippen LogP contribution < -0.4 is 0 Å². The first-order valence-corrected chi connectivity index (χ1v) is 11.8. The molecule has 0 N–H and O–H groups in total. The number of carbonyl (C=O) groups excluding carboxylic acids is 2. The van der Waals surface area contributed by atoms with Crippen LogP contribution in [0, 0.1) is 0 Å². The van der Waals surface area contributed by atoms with Crippen LogP contribution in [0.15, 0.2) is 51.6 Å². The molecule has 0 bridgehead atoms. The highest BCUT2D eigenvalue weighted by atomic mass is 35.5. The Labute approximate surface area is 198 Å². The topological polar surface area (TPSA) is 71.4 Å². The number of fused-ring (bicyclic) bond motifs is 1. The van der Waals surface area contributed by atoms with E-state index >= 15 is 0 Å². The van der Waals surface area contributed by atoms with Gasteiger partial charge in [0.25, 0.3) is 0 Å². The molecule has 2 aliphatic rings. The van der Waals surface area contributed by atoms with Crippen molar-refractivity contribution in [2.45, 2.75) is 33.2 Å². The Kier molecular flexibility index (Phi) is 8.39. The third kappa shape index (κ3) is 5.19. The molecule has 1 aromatic rings. The minimum Gasteiger partial charge on any atom is -0.460 e. The number of carbonyl (C=O) groups is 2. The number of thioether (sulfide) groups is 1. The Hall–Kier alpha value is -2.29. The van der Waals surface area contributed by atoms with Crippen LogP contribution >= 0.6 is 23.4 Å². The van der Waals surface area contributed by atoms with Crippen molar-refractivity contribution in [2.24, 2.45) is 4.99 Å². The number of methoxy groups -OCH3 is 1. The zero-order valence-electron chi connectivity index (χ0n) is 18.8. The summed E-state index contributed by atoms with van der Waals surface area (Å²) in [6.07, 6.45) is 0.218. The van der Waals surface area contributed by atoms with Gasteiger partial charge in [0.2, 0.25) is 5.91 Å². The smallest absolute Gasteiger partial charge is 0.338 e. The van der Waals surface area contributed by atoms with E-state index in [4.69, 9.17) is 21.1 Å².